The molecular weight excluding hydrogens is 320 g/mol. The van der Waals surface area contributed by atoms with Crippen molar-refractivity contribution in [1.82, 2.24) is 14.9 Å². The SMILES string of the molecule is Cc1cc2[nH]c(=O)[nH]c2c(NC(=O)[C@@H]2CCCN2C(=O)C2CC2)c1C. The normalized spacial score (nSPS) is 20.2. The monoisotopic (exact) mass is 342 g/mol. The molecule has 1 aliphatic carbocycles. The Balaban J connectivity index is 1.64. The molecule has 1 aromatic carbocycles. The number of anilines is 1. The average molecular weight is 342 g/mol. The lowest BCUT2D eigenvalue weighted by Gasteiger charge is -2.24. The lowest BCUT2D eigenvalue weighted by molar-refractivity contribution is -0.137. The first-order chi connectivity index (χ1) is 12.0. The number of imidazole rings is 1. The first-order valence-electron chi connectivity index (χ1n) is 8.79. The van der Waals surface area contributed by atoms with Gasteiger partial charge in [-0.1, -0.05) is 0 Å². The van der Waals surface area contributed by atoms with E-state index in [4.69, 9.17) is 0 Å². The van der Waals surface area contributed by atoms with Gasteiger partial charge in [-0.05, 0) is 56.7 Å². The molecule has 2 aliphatic rings. The second-order valence-corrected chi connectivity index (χ2v) is 7.15. The summed E-state index contributed by atoms with van der Waals surface area (Å²) in [5, 5.41) is 2.97. The number of nitrogens with one attached hydrogen (secondary N) is 3. The number of H-pyrrole nitrogens is 2. The summed E-state index contributed by atoms with van der Waals surface area (Å²) in [6.45, 7) is 4.50. The Morgan fingerprint density at radius 1 is 1.20 bits per heavy atom. The van der Waals surface area contributed by atoms with Gasteiger partial charge in [0.15, 0.2) is 0 Å². The van der Waals surface area contributed by atoms with Crippen LogP contribution in [-0.4, -0.2) is 39.3 Å². The Morgan fingerprint density at radius 3 is 2.68 bits per heavy atom. The number of benzene rings is 1. The minimum Gasteiger partial charge on any atom is -0.330 e. The van der Waals surface area contributed by atoms with Crippen molar-refractivity contribution in [3.63, 3.8) is 0 Å². The third-order valence-electron chi connectivity index (χ3n) is 5.35. The van der Waals surface area contributed by atoms with Crippen LogP contribution in [-0.2, 0) is 9.59 Å². The molecule has 7 heteroatoms. The van der Waals surface area contributed by atoms with Crippen molar-refractivity contribution in [1.29, 1.82) is 0 Å². The number of aromatic amines is 2. The molecule has 3 N–H and O–H groups in total. The molecular formula is C18H22N4O3. The minimum atomic E-state index is -0.422. The highest BCUT2D eigenvalue weighted by Gasteiger charge is 2.41. The van der Waals surface area contributed by atoms with E-state index in [9.17, 15) is 14.4 Å². The van der Waals surface area contributed by atoms with Gasteiger partial charge in [-0.25, -0.2) is 4.79 Å². The van der Waals surface area contributed by atoms with E-state index in [1.54, 1.807) is 4.90 Å². The van der Waals surface area contributed by atoms with Crippen molar-refractivity contribution in [3.05, 3.63) is 27.7 Å². The molecule has 25 heavy (non-hydrogen) atoms. The van der Waals surface area contributed by atoms with Crippen molar-refractivity contribution in [3.8, 4) is 0 Å². The predicted octanol–water partition coefficient (Wildman–Crippen LogP) is 1.81. The Bertz CT molecular complexity index is 922. The maximum absolute atomic E-state index is 12.9. The topological polar surface area (TPSA) is 98.1 Å². The number of rotatable bonds is 3. The predicted molar refractivity (Wildman–Crippen MR) is 94.5 cm³/mol. The van der Waals surface area contributed by atoms with Crippen LogP contribution in [0.2, 0.25) is 0 Å². The fraction of sp³-hybridized carbons (Fsp3) is 0.500. The summed E-state index contributed by atoms with van der Waals surface area (Å²) in [6.07, 6.45) is 3.40. The van der Waals surface area contributed by atoms with Gasteiger partial charge in [-0.15, -0.1) is 0 Å². The summed E-state index contributed by atoms with van der Waals surface area (Å²) in [7, 11) is 0. The number of hydrogen-bond donors (Lipinski definition) is 3. The van der Waals surface area contributed by atoms with E-state index in [2.05, 4.69) is 15.3 Å². The van der Waals surface area contributed by atoms with Gasteiger partial charge in [0.05, 0.1) is 16.7 Å². The molecule has 2 fully saturated rings. The lowest BCUT2D eigenvalue weighted by atomic mass is 10.1. The maximum atomic E-state index is 12.9. The molecule has 0 spiro atoms. The number of likely N-dealkylation sites (tertiary alicyclic amines) is 1. The molecule has 2 amide bonds. The third-order valence-corrected chi connectivity index (χ3v) is 5.35. The summed E-state index contributed by atoms with van der Waals surface area (Å²) >= 11 is 0. The molecule has 1 atom stereocenters. The summed E-state index contributed by atoms with van der Waals surface area (Å²) < 4.78 is 0. The molecule has 1 aliphatic heterocycles. The van der Waals surface area contributed by atoms with Crippen LogP contribution in [0.3, 0.4) is 0 Å². The molecule has 7 nitrogen and oxygen atoms in total. The van der Waals surface area contributed by atoms with Gasteiger partial charge in [0, 0.05) is 12.5 Å². The fourth-order valence-corrected chi connectivity index (χ4v) is 3.64. The Hall–Kier alpha value is -2.57. The first-order valence-corrected chi connectivity index (χ1v) is 8.79. The van der Waals surface area contributed by atoms with E-state index in [1.807, 2.05) is 19.9 Å². The van der Waals surface area contributed by atoms with Gasteiger partial charge in [0.2, 0.25) is 11.8 Å². The molecule has 1 aromatic heterocycles. The van der Waals surface area contributed by atoms with E-state index in [0.717, 1.165) is 30.4 Å². The highest BCUT2D eigenvalue weighted by molar-refractivity contribution is 6.04. The quantitative estimate of drug-likeness (QED) is 0.793. The van der Waals surface area contributed by atoms with Crippen molar-refractivity contribution < 1.29 is 9.59 Å². The van der Waals surface area contributed by atoms with Crippen LogP contribution in [0.1, 0.15) is 36.8 Å². The second kappa shape index (κ2) is 5.75. The van der Waals surface area contributed by atoms with Gasteiger partial charge in [0.25, 0.3) is 0 Å². The van der Waals surface area contributed by atoms with E-state index in [0.29, 0.717) is 29.7 Å². The van der Waals surface area contributed by atoms with Gasteiger partial charge < -0.3 is 20.2 Å². The van der Waals surface area contributed by atoms with Crippen molar-refractivity contribution >= 4 is 28.5 Å². The lowest BCUT2D eigenvalue weighted by Crippen LogP contribution is -2.44. The van der Waals surface area contributed by atoms with Crippen LogP contribution in [0.25, 0.3) is 11.0 Å². The molecule has 2 aromatic rings. The van der Waals surface area contributed by atoms with Crippen LogP contribution in [0, 0.1) is 19.8 Å². The smallest absolute Gasteiger partial charge is 0.323 e. The number of nitrogens with zero attached hydrogens (tertiary/aromatic N) is 1. The maximum Gasteiger partial charge on any atom is 0.323 e. The summed E-state index contributed by atoms with van der Waals surface area (Å²) in [5.74, 6) is 0.0456. The van der Waals surface area contributed by atoms with Crippen LogP contribution < -0.4 is 11.0 Å². The molecule has 0 bridgehead atoms. The summed E-state index contributed by atoms with van der Waals surface area (Å²) in [5.41, 5.74) is 3.47. The Kier molecular flexibility index (Phi) is 3.67. The molecule has 2 heterocycles. The molecule has 1 saturated carbocycles. The van der Waals surface area contributed by atoms with Crippen LogP contribution in [0.4, 0.5) is 5.69 Å². The second-order valence-electron chi connectivity index (χ2n) is 7.15. The number of aryl methyl sites for hydroxylation is 1. The van der Waals surface area contributed by atoms with Crippen LogP contribution in [0.15, 0.2) is 10.9 Å². The average Bonchev–Trinajstić information content (AvgIpc) is 3.19. The minimum absolute atomic E-state index is 0.110. The van der Waals surface area contributed by atoms with Crippen LogP contribution >= 0.6 is 0 Å². The number of aromatic nitrogens is 2. The van der Waals surface area contributed by atoms with Gasteiger partial charge >= 0.3 is 5.69 Å². The van der Waals surface area contributed by atoms with E-state index >= 15 is 0 Å². The fourth-order valence-electron chi connectivity index (χ4n) is 3.64. The van der Waals surface area contributed by atoms with Crippen molar-refractivity contribution in [2.45, 2.75) is 45.6 Å². The highest BCUT2D eigenvalue weighted by atomic mass is 16.2. The molecule has 0 radical (unpaired) electrons. The Morgan fingerprint density at radius 2 is 1.96 bits per heavy atom. The largest absolute Gasteiger partial charge is 0.330 e. The van der Waals surface area contributed by atoms with Gasteiger partial charge in [-0.2, -0.15) is 0 Å². The van der Waals surface area contributed by atoms with Crippen molar-refractivity contribution in [2.75, 3.05) is 11.9 Å². The molecule has 1 saturated heterocycles. The third kappa shape index (κ3) is 2.73. The zero-order valence-electron chi connectivity index (χ0n) is 14.4. The summed E-state index contributed by atoms with van der Waals surface area (Å²) in [6, 6.07) is 1.46. The van der Waals surface area contributed by atoms with E-state index < -0.39 is 6.04 Å². The number of carbonyl (C=O) groups excluding carboxylic acids is 2. The van der Waals surface area contributed by atoms with Gasteiger partial charge in [-0.3, -0.25) is 9.59 Å². The standard InChI is InChI=1S/C18H22N4O3/c1-9-8-12-15(21-18(25)19-12)14(10(9)2)20-16(23)13-4-3-7-22(13)17(24)11-5-6-11/h8,11,13H,3-7H2,1-2H3,(H,20,23)(H2,19,21,25)/t13-/m0/s1. The van der Waals surface area contributed by atoms with E-state index in [1.165, 1.54) is 0 Å². The Labute approximate surface area is 144 Å². The van der Waals surface area contributed by atoms with Gasteiger partial charge in [0.1, 0.15) is 6.04 Å². The number of fused-ring (bicyclic) bond motifs is 1. The number of carbonyl (C=O) groups is 2. The number of hydrogen-bond acceptors (Lipinski definition) is 3. The zero-order valence-corrected chi connectivity index (χ0v) is 14.4. The molecule has 132 valence electrons. The highest BCUT2D eigenvalue weighted by Crippen LogP contribution is 2.34. The molecule has 0 unspecified atom stereocenters. The van der Waals surface area contributed by atoms with Crippen molar-refractivity contribution in [2.24, 2.45) is 5.92 Å². The molecule has 4 rings (SSSR count). The first kappa shape index (κ1) is 15.9. The zero-order chi connectivity index (χ0) is 17.7. The number of amides is 2. The van der Waals surface area contributed by atoms with Crippen LogP contribution in [0.5, 0.6) is 0 Å². The summed E-state index contributed by atoms with van der Waals surface area (Å²) in [4.78, 5) is 44.1. The van der Waals surface area contributed by atoms with E-state index in [-0.39, 0.29) is 23.4 Å².